The molecule has 0 spiro atoms. The summed E-state index contributed by atoms with van der Waals surface area (Å²) in [4.78, 5) is 25.7. The molecular weight excluding hydrogens is 314 g/mol. The van der Waals surface area contributed by atoms with E-state index in [0.717, 1.165) is 16.8 Å². The Balaban J connectivity index is 1.80. The summed E-state index contributed by atoms with van der Waals surface area (Å²) in [6.07, 6.45) is 10.2. The van der Waals surface area contributed by atoms with E-state index in [4.69, 9.17) is 0 Å². The first-order valence-electron chi connectivity index (χ1n) is 7.62. The highest BCUT2D eigenvalue weighted by Crippen LogP contribution is 2.24. The van der Waals surface area contributed by atoms with Crippen LogP contribution >= 0.6 is 0 Å². The predicted octanol–water partition coefficient (Wildman–Crippen LogP) is 3.13. The Hall–Kier alpha value is -3.74. The largest absolute Gasteiger partial charge is 0.309 e. The molecule has 4 aromatic rings. The first kappa shape index (κ1) is 14.8. The van der Waals surface area contributed by atoms with Crippen LogP contribution in [0.3, 0.4) is 0 Å². The van der Waals surface area contributed by atoms with E-state index in [0.29, 0.717) is 17.6 Å². The molecule has 4 aromatic heterocycles. The van der Waals surface area contributed by atoms with Crippen LogP contribution in [0.1, 0.15) is 0 Å². The first-order valence-corrected chi connectivity index (χ1v) is 7.62. The van der Waals surface area contributed by atoms with Gasteiger partial charge in [0.25, 0.3) is 0 Å². The summed E-state index contributed by atoms with van der Waals surface area (Å²) in [5.41, 5.74) is 2.61. The Morgan fingerprint density at radius 1 is 0.680 bits per heavy atom. The van der Waals surface area contributed by atoms with Crippen molar-refractivity contribution in [2.24, 2.45) is 0 Å². The minimum Gasteiger partial charge on any atom is -0.309 e. The van der Waals surface area contributed by atoms with Gasteiger partial charge in [-0.15, -0.1) is 0 Å². The maximum Gasteiger partial charge on any atom is 0.228 e. The topological polar surface area (TPSA) is 89.4 Å². The van der Waals surface area contributed by atoms with Crippen LogP contribution in [0.5, 0.6) is 0 Å². The molecule has 1 N–H and O–H groups in total. The summed E-state index contributed by atoms with van der Waals surface area (Å²) in [7, 11) is 0. The van der Waals surface area contributed by atoms with Crippen molar-refractivity contribution in [2.75, 3.05) is 5.32 Å². The van der Waals surface area contributed by atoms with Crippen molar-refractivity contribution in [3.8, 4) is 22.6 Å². The van der Waals surface area contributed by atoms with E-state index in [-0.39, 0.29) is 0 Å². The number of nitrogens with zero attached hydrogens (tertiary/aromatic N) is 6. The molecule has 0 radical (unpaired) electrons. The summed E-state index contributed by atoms with van der Waals surface area (Å²) in [5.74, 6) is 1.68. The monoisotopic (exact) mass is 327 g/mol. The Labute approximate surface area is 143 Å². The third-order valence-corrected chi connectivity index (χ3v) is 3.45. The van der Waals surface area contributed by atoms with Gasteiger partial charge in [0.05, 0.1) is 5.69 Å². The van der Waals surface area contributed by atoms with Crippen LogP contribution in [0, 0.1) is 0 Å². The minimum atomic E-state index is 0.475. The molecule has 0 aromatic carbocycles. The van der Waals surface area contributed by atoms with E-state index in [1.54, 1.807) is 43.2 Å². The molecule has 0 atom stereocenters. The zero-order chi connectivity index (χ0) is 16.9. The third-order valence-electron chi connectivity index (χ3n) is 3.45. The average molecular weight is 327 g/mol. The smallest absolute Gasteiger partial charge is 0.228 e. The normalized spacial score (nSPS) is 10.4. The van der Waals surface area contributed by atoms with Crippen LogP contribution in [0.15, 0.2) is 73.6 Å². The van der Waals surface area contributed by atoms with E-state index < -0.39 is 0 Å². The number of rotatable bonds is 4. The van der Waals surface area contributed by atoms with Gasteiger partial charge in [0.2, 0.25) is 5.95 Å². The van der Waals surface area contributed by atoms with E-state index in [9.17, 15) is 0 Å². The van der Waals surface area contributed by atoms with Gasteiger partial charge >= 0.3 is 0 Å². The number of aromatic nitrogens is 6. The Kier molecular flexibility index (Phi) is 4.03. The molecule has 0 saturated carbocycles. The molecule has 0 fully saturated rings. The SMILES string of the molecule is c1cnc(Nc2cc(-c3ccncc3)nc(-c3ccncc3)n2)nc1. The molecule has 0 saturated heterocycles. The Morgan fingerprint density at radius 2 is 1.32 bits per heavy atom. The van der Waals surface area contributed by atoms with Gasteiger partial charge in [-0.05, 0) is 30.3 Å². The van der Waals surface area contributed by atoms with Crippen LogP contribution in [-0.4, -0.2) is 29.9 Å². The molecular formula is C18H13N7. The lowest BCUT2D eigenvalue weighted by molar-refractivity contribution is 1.12. The van der Waals surface area contributed by atoms with Gasteiger partial charge in [-0.25, -0.2) is 19.9 Å². The van der Waals surface area contributed by atoms with Crippen molar-refractivity contribution >= 4 is 11.8 Å². The quantitative estimate of drug-likeness (QED) is 0.616. The van der Waals surface area contributed by atoms with Crippen LogP contribution in [0.25, 0.3) is 22.6 Å². The highest BCUT2D eigenvalue weighted by Gasteiger charge is 2.09. The predicted molar refractivity (Wildman–Crippen MR) is 93.8 cm³/mol. The summed E-state index contributed by atoms with van der Waals surface area (Å²) in [5, 5.41) is 3.12. The summed E-state index contributed by atoms with van der Waals surface area (Å²) >= 11 is 0. The molecule has 7 nitrogen and oxygen atoms in total. The van der Waals surface area contributed by atoms with Crippen molar-refractivity contribution in [2.45, 2.75) is 0 Å². The number of hydrogen-bond acceptors (Lipinski definition) is 7. The molecule has 25 heavy (non-hydrogen) atoms. The maximum atomic E-state index is 4.67. The van der Waals surface area contributed by atoms with Crippen LogP contribution < -0.4 is 5.32 Å². The fraction of sp³-hybridized carbons (Fsp3) is 0. The van der Waals surface area contributed by atoms with E-state index in [1.807, 2.05) is 30.3 Å². The van der Waals surface area contributed by atoms with Gasteiger partial charge in [-0.1, -0.05) is 0 Å². The molecule has 0 aliphatic heterocycles. The summed E-state index contributed by atoms with van der Waals surface area (Å²) in [6, 6.07) is 11.2. The molecule has 0 bridgehead atoms. The molecule has 7 heteroatoms. The Morgan fingerprint density at radius 3 is 2.00 bits per heavy atom. The number of pyridine rings is 2. The van der Waals surface area contributed by atoms with E-state index in [2.05, 4.69) is 35.2 Å². The second-order valence-corrected chi connectivity index (χ2v) is 5.13. The molecule has 0 amide bonds. The lowest BCUT2D eigenvalue weighted by atomic mass is 10.1. The number of anilines is 2. The van der Waals surface area contributed by atoms with Crippen LogP contribution in [0.4, 0.5) is 11.8 Å². The van der Waals surface area contributed by atoms with Crippen molar-refractivity contribution in [1.82, 2.24) is 29.9 Å². The average Bonchev–Trinajstić information content (AvgIpc) is 2.70. The van der Waals surface area contributed by atoms with Gasteiger partial charge < -0.3 is 5.32 Å². The van der Waals surface area contributed by atoms with Crippen molar-refractivity contribution in [1.29, 1.82) is 0 Å². The van der Waals surface area contributed by atoms with Gasteiger partial charge in [0.15, 0.2) is 5.82 Å². The third kappa shape index (κ3) is 3.45. The minimum absolute atomic E-state index is 0.475. The lowest BCUT2D eigenvalue weighted by Gasteiger charge is -2.09. The second kappa shape index (κ2) is 6.79. The highest BCUT2D eigenvalue weighted by atomic mass is 15.1. The van der Waals surface area contributed by atoms with Gasteiger partial charge in [0.1, 0.15) is 5.82 Å². The Bertz CT molecular complexity index is 903. The molecule has 120 valence electrons. The maximum absolute atomic E-state index is 4.67. The fourth-order valence-corrected chi connectivity index (χ4v) is 2.29. The molecule has 0 aliphatic rings. The van der Waals surface area contributed by atoms with Crippen molar-refractivity contribution < 1.29 is 0 Å². The van der Waals surface area contributed by atoms with Gasteiger partial charge in [-0.3, -0.25) is 9.97 Å². The molecule has 0 aliphatic carbocycles. The van der Waals surface area contributed by atoms with Crippen LogP contribution in [-0.2, 0) is 0 Å². The highest BCUT2D eigenvalue weighted by molar-refractivity contribution is 5.68. The zero-order valence-electron chi connectivity index (χ0n) is 13.1. The van der Waals surface area contributed by atoms with E-state index >= 15 is 0 Å². The first-order chi connectivity index (χ1) is 12.4. The fourth-order valence-electron chi connectivity index (χ4n) is 2.29. The molecule has 4 rings (SSSR count). The van der Waals surface area contributed by atoms with E-state index in [1.165, 1.54) is 0 Å². The van der Waals surface area contributed by atoms with Crippen molar-refractivity contribution in [3.05, 3.63) is 73.6 Å². The lowest BCUT2D eigenvalue weighted by Crippen LogP contribution is -2.01. The number of hydrogen-bond donors (Lipinski definition) is 1. The number of nitrogens with one attached hydrogen (secondary N) is 1. The van der Waals surface area contributed by atoms with Gasteiger partial charge in [0, 0.05) is 54.4 Å². The second-order valence-electron chi connectivity index (χ2n) is 5.13. The van der Waals surface area contributed by atoms with Crippen molar-refractivity contribution in [3.63, 3.8) is 0 Å². The molecule has 4 heterocycles. The zero-order valence-corrected chi connectivity index (χ0v) is 13.1. The summed E-state index contributed by atoms with van der Waals surface area (Å²) < 4.78 is 0. The standard InChI is InChI=1S/C18H13N7/c1-6-21-18(22-7-1)25-16-12-15(13-2-8-19-9-3-13)23-17(24-16)14-4-10-20-11-5-14/h1-12H,(H,21,22,23,24,25). The van der Waals surface area contributed by atoms with Crippen LogP contribution in [0.2, 0.25) is 0 Å². The van der Waals surface area contributed by atoms with Gasteiger partial charge in [-0.2, -0.15) is 0 Å². The molecule has 0 unspecified atom stereocenters. The summed E-state index contributed by atoms with van der Waals surface area (Å²) in [6.45, 7) is 0.